The summed E-state index contributed by atoms with van der Waals surface area (Å²) in [7, 11) is 0. The van der Waals surface area contributed by atoms with Crippen LogP contribution in [0.4, 0.5) is 0 Å². The quantitative estimate of drug-likeness (QED) is 0.688. The zero-order valence-corrected chi connectivity index (χ0v) is 14.5. The van der Waals surface area contributed by atoms with Crippen LogP contribution in [-0.4, -0.2) is 55.0 Å². The second-order valence-electron chi connectivity index (χ2n) is 6.09. The molecule has 0 radical (unpaired) electrons. The number of carbonyl (C=O) groups excluding carboxylic acids is 1. The molecule has 0 spiro atoms. The second kappa shape index (κ2) is 9.94. The van der Waals surface area contributed by atoms with Gasteiger partial charge in [-0.15, -0.1) is 0 Å². The lowest BCUT2D eigenvalue weighted by molar-refractivity contribution is 0.0635. The van der Waals surface area contributed by atoms with Crippen LogP contribution in [0.15, 0.2) is 24.3 Å². The van der Waals surface area contributed by atoms with E-state index in [2.05, 4.69) is 17.9 Å². The molecule has 5 nitrogen and oxygen atoms in total. The van der Waals surface area contributed by atoms with Gasteiger partial charge in [0, 0.05) is 39.1 Å². The van der Waals surface area contributed by atoms with Crippen LogP contribution in [0.25, 0.3) is 0 Å². The highest BCUT2D eigenvalue weighted by Crippen LogP contribution is 2.21. The average Bonchev–Trinajstić information content (AvgIpc) is 2.64. The van der Waals surface area contributed by atoms with Crippen LogP contribution in [0, 0.1) is 11.3 Å². The molecule has 5 heteroatoms. The fraction of sp³-hybridized carbons (Fsp3) is 0.579. The molecule has 1 heterocycles. The van der Waals surface area contributed by atoms with Crippen LogP contribution in [0.3, 0.4) is 0 Å². The summed E-state index contributed by atoms with van der Waals surface area (Å²) in [4.78, 5) is 16.9. The van der Waals surface area contributed by atoms with Gasteiger partial charge in [0.15, 0.2) is 0 Å². The summed E-state index contributed by atoms with van der Waals surface area (Å²) in [5.41, 5.74) is 0.652. The summed E-state index contributed by atoms with van der Waals surface area (Å²) >= 11 is 0. The van der Waals surface area contributed by atoms with E-state index in [4.69, 9.17) is 10.00 Å². The molecule has 1 amide bonds. The molecular formula is C19H27N3O2. The highest BCUT2D eigenvalue weighted by Gasteiger charge is 2.23. The summed E-state index contributed by atoms with van der Waals surface area (Å²) in [5, 5.41) is 8.67. The lowest BCUT2D eigenvalue weighted by Gasteiger charge is -2.34. The van der Waals surface area contributed by atoms with E-state index in [1.165, 1.54) is 0 Å². The number of rotatable bonds is 8. The van der Waals surface area contributed by atoms with Crippen LogP contribution in [0.5, 0.6) is 5.75 Å². The van der Waals surface area contributed by atoms with Crippen LogP contribution >= 0.6 is 0 Å². The zero-order valence-electron chi connectivity index (χ0n) is 14.5. The monoisotopic (exact) mass is 329 g/mol. The van der Waals surface area contributed by atoms with E-state index in [0.29, 0.717) is 37.4 Å². The van der Waals surface area contributed by atoms with E-state index < -0.39 is 0 Å². The molecule has 1 aromatic carbocycles. The van der Waals surface area contributed by atoms with Crippen molar-refractivity contribution in [3.8, 4) is 11.8 Å². The minimum absolute atomic E-state index is 0.0426. The normalized spacial score (nSPS) is 15.1. The Balaban J connectivity index is 1.92. The predicted octanol–water partition coefficient (Wildman–Crippen LogP) is 2.93. The van der Waals surface area contributed by atoms with Gasteiger partial charge in [-0.2, -0.15) is 5.26 Å². The van der Waals surface area contributed by atoms with Gasteiger partial charge in [-0.3, -0.25) is 9.69 Å². The van der Waals surface area contributed by atoms with Crippen molar-refractivity contribution >= 4 is 5.91 Å². The standard InChI is InChI=1S/C19H27N3O2/c1-2-3-6-16-24-18-9-5-4-8-17(18)19(23)22-14-12-21(13-15-22)11-7-10-20/h4-5,8-9H,2-3,6-7,11-16H2,1H3. The van der Waals surface area contributed by atoms with E-state index in [0.717, 1.165) is 38.9 Å². The van der Waals surface area contributed by atoms with E-state index in [1.807, 2.05) is 29.2 Å². The van der Waals surface area contributed by atoms with E-state index in [-0.39, 0.29) is 5.91 Å². The number of unbranched alkanes of at least 4 members (excludes halogenated alkanes) is 2. The molecule has 0 bridgehead atoms. The fourth-order valence-electron chi connectivity index (χ4n) is 2.86. The smallest absolute Gasteiger partial charge is 0.257 e. The number of ether oxygens (including phenoxy) is 1. The molecule has 0 unspecified atom stereocenters. The number of nitrogens with zero attached hydrogens (tertiary/aromatic N) is 3. The Labute approximate surface area is 144 Å². The molecule has 1 aliphatic heterocycles. The van der Waals surface area contributed by atoms with Gasteiger partial charge in [0.05, 0.1) is 18.2 Å². The number of carbonyl (C=O) groups is 1. The minimum atomic E-state index is 0.0426. The largest absolute Gasteiger partial charge is 0.493 e. The third-order valence-electron chi connectivity index (χ3n) is 4.32. The third kappa shape index (κ3) is 5.24. The van der Waals surface area contributed by atoms with Crippen LogP contribution in [0.2, 0.25) is 0 Å². The maximum Gasteiger partial charge on any atom is 0.257 e. The topological polar surface area (TPSA) is 56.6 Å². The molecule has 0 aliphatic carbocycles. The number of nitriles is 1. The summed E-state index contributed by atoms with van der Waals surface area (Å²) in [6.07, 6.45) is 3.85. The molecule has 24 heavy (non-hydrogen) atoms. The highest BCUT2D eigenvalue weighted by atomic mass is 16.5. The first kappa shape index (κ1) is 18.3. The predicted molar refractivity (Wildman–Crippen MR) is 94.0 cm³/mol. The second-order valence-corrected chi connectivity index (χ2v) is 6.09. The van der Waals surface area contributed by atoms with Gasteiger partial charge in [-0.25, -0.2) is 0 Å². The number of piperazine rings is 1. The molecular weight excluding hydrogens is 302 g/mol. The van der Waals surface area contributed by atoms with Gasteiger partial charge >= 0.3 is 0 Å². The Bertz CT molecular complexity index is 560. The number of benzene rings is 1. The molecule has 1 fully saturated rings. The first-order valence-corrected chi connectivity index (χ1v) is 8.86. The van der Waals surface area contributed by atoms with E-state index >= 15 is 0 Å². The Kier molecular flexibility index (Phi) is 7.57. The van der Waals surface area contributed by atoms with Crippen LogP contribution in [-0.2, 0) is 0 Å². The van der Waals surface area contributed by atoms with Gasteiger partial charge in [-0.05, 0) is 18.6 Å². The fourth-order valence-corrected chi connectivity index (χ4v) is 2.86. The number of amides is 1. The minimum Gasteiger partial charge on any atom is -0.493 e. The van der Waals surface area contributed by atoms with Crippen molar-refractivity contribution in [1.82, 2.24) is 9.80 Å². The maximum absolute atomic E-state index is 12.8. The van der Waals surface area contributed by atoms with Crippen molar-refractivity contribution < 1.29 is 9.53 Å². The van der Waals surface area contributed by atoms with Crippen molar-refractivity contribution in [3.05, 3.63) is 29.8 Å². The lowest BCUT2D eigenvalue weighted by Crippen LogP contribution is -2.48. The van der Waals surface area contributed by atoms with Crippen molar-refractivity contribution in [2.45, 2.75) is 32.6 Å². The SMILES string of the molecule is CCCCCOc1ccccc1C(=O)N1CCN(CCC#N)CC1. The van der Waals surface area contributed by atoms with Gasteiger partial charge in [-0.1, -0.05) is 31.9 Å². The van der Waals surface area contributed by atoms with Crippen molar-refractivity contribution in [2.24, 2.45) is 0 Å². The van der Waals surface area contributed by atoms with Crippen molar-refractivity contribution in [1.29, 1.82) is 5.26 Å². The molecule has 0 saturated carbocycles. The first-order valence-electron chi connectivity index (χ1n) is 8.86. The lowest BCUT2D eigenvalue weighted by atomic mass is 10.1. The van der Waals surface area contributed by atoms with Crippen molar-refractivity contribution in [3.63, 3.8) is 0 Å². The first-order chi connectivity index (χ1) is 11.8. The summed E-state index contributed by atoms with van der Waals surface area (Å²) < 4.78 is 5.83. The summed E-state index contributed by atoms with van der Waals surface area (Å²) in [6.45, 7) is 6.66. The summed E-state index contributed by atoms with van der Waals surface area (Å²) in [6, 6.07) is 9.69. The Morgan fingerprint density at radius 1 is 1.21 bits per heavy atom. The molecule has 0 N–H and O–H groups in total. The molecule has 2 rings (SSSR count). The molecule has 0 atom stereocenters. The third-order valence-corrected chi connectivity index (χ3v) is 4.32. The van der Waals surface area contributed by atoms with Gasteiger partial charge in [0.25, 0.3) is 5.91 Å². The van der Waals surface area contributed by atoms with Gasteiger partial charge in [0.1, 0.15) is 5.75 Å². The van der Waals surface area contributed by atoms with Crippen LogP contribution < -0.4 is 4.74 Å². The molecule has 0 aromatic heterocycles. The zero-order chi connectivity index (χ0) is 17.2. The molecule has 1 saturated heterocycles. The van der Waals surface area contributed by atoms with Crippen molar-refractivity contribution in [2.75, 3.05) is 39.3 Å². The maximum atomic E-state index is 12.8. The Morgan fingerprint density at radius 3 is 2.67 bits per heavy atom. The Hall–Kier alpha value is -2.06. The number of hydrogen-bond acceptors (Lipinski definition) is 4. The average molecular weight is 329 g/mol. The Morgan fingerprint density at radius 2 is 1.96 bits per heavy atom. The van der Waals surface area contributed by atoms with E-state index in [1.54, 1.807) is 0 Å². The van der Waals surface area contributed by atoms with Gasteiger partial charge < -0.3 is 9.64 Å². The molecule has 130 valence electrons. The van der Waals surface area contributed by atoms with Gasteiger partial charge in [0.2, 0.25) is 0 Å². The summed E-state index contributed by atoms with van der Waals surface area (Å²) in [5.74, 6) is 0.728. The highest BCUT2D eigenvalue weighted by molar-refractivity contribution is 5.97. The van der Waals surface area contributed by atoms with E-state index in [9.17, 15) is 4.79 Å². The molecule has 1 aromatic rings. The molecule has 1 aliphatic rings. The number of para-hydroxylation sites is 1. The number of hydrogen-bond donors (Lipinski definition) is 0. The van der Waals surface area contributed by atoms with Crippen LogP contribution in [0.1, 0.15) is 43.0 Å².